The van der Waals surface area contributed by atoms with Gasteiger partial charge in [-0.15, -0.1) is 5.10 Å². The fourth-order valence-corrected chi connectivity index (χ4v) is 3.55. The predicted octanol–water partition coefficient (Wildman–Crippen LogP) is 2.76. The van der Waals surface area contributed by atoms with Crippen molar-refractivity contribution in [2.45, 2.75) is 12.8 Å². The Morgan fingerprint density at radius 1 is 1.03 bits per heavy atom. The molecular formula is C21H23N7O2. The van der Waals surface area contributed by atoms with E-state index in [-0.39, 0.29) is 17.9 Å². The van der Waals surface area contributed by atoms with E-state index >= 15 is 0 Å². The van der Waals surface area contributed by atoms with Gasteiger partial charge >= 0.3 is 6.03 Å². The summed E-state index contributed by atoms with van der Waals surface area (Å²) in [5.41, 5.74) is 2.22. The van der Waals surface area contributed by atoms with E-state index in [9.17, 15) is 9.59 Å². The number of benzene rings is 2. The second-order valence-electron chi connectivity index (χ2n) is 7.28. The monoisotopic (exact) mass is 405 g/mol. The number of tetrazole rings is 1. The molecule has 3 amide bonds. The number of para-hydroxylation sites is 1. The quantitative estimate of drug-likeness (QED) is 0.694. The van der Waals surface area contributed by atoms with Gasteiger partial charge in [0, 0.05) is 37.1 Å². The van der Waals surface area contributed by atoms with Crippen molar-refractivity contribution in [2.24, 2.45) is 13.0 Å². The molecule has 0 bridgehead atoms. The predicted molar refractivity (Wildman–Crippen MR) is 113 cm³/mol. The summed E-state index contributed by atoms with van der Waals surface area (Å²) in [6, 6.07) is 16.5. The normalized spacial score (nSPS) is 16.2. The summed E-state index contributed by atoms with van der Waals surface area (Å²) < 4.78 is 1.57. The molecule has 0 unspecified atom stereocenters. The molecule has 2 heterocycles. The highest BCUT2D eigenvalue weighted by atomic mass is 16.2. The van der Waals surface area contributed by atoms with E-state index in [4.69, 9.17) is 0 Å². The van der Waals surface area contributed by atoms with Gasteiger partial charge in [0.15, 0.2) is 5.82 Å². The molecule has 1 aliphatic heterocycles. The number of aryl methyl sites for hydroxylation is 1. The minimum Gasteiger partial charge on any atom is -0.326 e. The van der Waals surface area contributed by atoms with E-state index in [0.29, 0.717) is 24.6 Å². The average molecular weight is 405 g/mol. The Balaban J connectivity index is 1.39. The highest BCUT2D eigenvalue weighted by Crippen LogP contribution is 2.22. The molecule has 30 heavy (non-hydrogen) atoms. The molecule has 2 aromatic carbocycles. The molecule has 1 saturated heterocycles. The molecule has 0 spiro atoms. The molecule has 3 aromatic rings. The van der Waals surface area contributed by atoms with Gasteiger partial charge in [-0.2, -0.15) is 0 Å². The Hall–Kier alpha value is -3.75. The Bertz CT molecular complexity index is 1030. The number of carbonyl (C=O) groups is 2. The zero-order chi connectivity index (χ0) is 20.9. The average Bonchev–Trinajstić information content (AvgIpc) is 3.20. The van der Waals surface area contributed by atoms with E-state index in [1.807, 2.05) is 54.6 Å². The molecule has 0 saturated carbocycles. The number of amides is 3. The lowest BCUT2D eigenvalue weighted by atomic mass is 9.97. The van der Waals surface area contributed by atoms with Crippen LogP contribution >= 0.6 is 0 Å². The molecule has 9 nitrogen and oxygen atoms in total. The summed E-state index contributed by atoms with van der Waals surface area (Å²) in [4.78, 5) is 27.1. The number of urea groups is 1. The summed E-state index contributed by atoms with van der Waals surface area (Å²) in [7, 11) is 1.76. The lowest BCUT2D eigenvalue weighted by Crippen LogP contribution is -2.45. The van der Waals surface area contributed by atoms with Crippen LogP contribution in [-0.2, 0) is 11.8 Å². The van der Waals surface area contributed by atoms with Gasteiger partial charge in [0.25, 0.3) is 0 Å². The van der Waals surface area contributed by atoms with Crippen LogP contribution in [0.3, 0.4) is 0 Å². The number of rotatable bonds is 4. The van der Waals surface area contributed by atoms with Crippen molar-refractivity contribution < 1.29 is 9.59 Å². The molecule has 2 N–H and O–H groups in total. The van der Waals surface area contributed by atoms with Gasteiger partial charge in [0.05, 0.1) is 5.92 Å². The van der Waals surface area contributed by atoms with Gasteiger partial charge in [0.1, 0.15) is 0 Å². The maximum absolute atomic E-state index is 12.8. The minimum atomic E-state index is -0.235. The molecule has 1 aliphatic rings. The first-order chi connectivity index (χ1) is 14.6. The first-order valence-electron chi connectivity index (χ1n) is 9.85. The zero-order valence-electron chi connectivity index (χ0n) is 16.7. The van der Waals surface area contributed by atoms with Crippen molar-refractivity contribution in [1.29, 1.82) is 0 Å². The molecular weight excluding hydrogens is 382 g/mol. The highest BCUT2D eigenvalue weighted by molar-refractivity contribution is 5.94. The van der Waals surface area contributed by atoms with Gasteiger partial charge < -0.3 is 15.5 Å². The molecule has 1 aromatic heterocycles. The number of nitrogens with one attached hydrogen (secondary N) is 2. The number of aromatic nitrogens is 4. The topological polar surface area (TPSA) is 105 Å². The number of likely N-dealkylation sites (tertiary alicyclic amines) is 1. The number of hydrogen-bond acceptors (Lipinski definition) is 5. The smallest absolute Gasteiger partial charge is 0.321 e. The minimum absolute atomic E-state index is 0.0597. The third kappa shape index (κ3) is 4.45. The summed E-state index contributed by atoms with van der Waals surface area (Å²) in [5, 5.41) is 17.3. The lowest BCUT2D eigenvalue weighted by molar-refractivity contribution is -0.121. The second-order valence-corrected chi connectivity index (χ2v) is 7.28. The highest BCUT2D eigenvalue weighted by Gasteiger charge is 2.28. The maximum atomic E-state index is 12.8. The standard InChI is InChI=1S/C21H23N7O2/c1-27-19(24-25-26-27)15-7-5-11-18(13-15)23-21(30)28-12-6-8-16(14-28)20(29)22-17-9-3-2-4-10-17/h2-5,7,9-11,13,16H,6,8,12,14H2,1H3,(H,22,29)(H,23,30)/t16-/m1/s1. The fraction of sp³-hybridized carbons (Fsp3) is 0.286. The zero-order valence-corrected chi connectivity index (χ0v) is 16.7. The third-order valence-corrected chi connectivity index (χ3v) is 5.11. The molecule has 1 fully saturated rings. The molecule has 9 heteroatoms. The van der Waals surface area contributed by atoms with Gasteiger partial charge in [-0.05, 0) is 47.5 Å². The Morgan fingerprint density at radius 3 is 2.60 bits per heavy atom. The van der Waals surface area contributed by atoms with Crippen LogP contribution in [0.25, 0.3) is 11.4 Å². The number of hydrogen-bond donors (Lipinski definition) is 2. The van der Waals surface area contributed by atoms with Crippen molar-refractivity contribution in [2.75, 3.05) is 23.7 Å². The third-order valence-electron chi connectivity index (χ3n) is 5.11. The van der Waals surface area contributed by atoms with Crippen LogP contribution in [0.15, 0.2) is 54.6 Å². The largest absolute Gasteiger partial charge is 0.326 e. The number of anilines is 2. The second kappa shape index (κ2) is 8.73. The summed E-state index contributed by atoms with van der Waals surface area (Å²) in [5.74, 6) is 0.318. The Kier molecular flexibility index (Phi) is 5.69. The molecule has 4 rings (SSSR count). The van der Waals surface area contributed by atoms with Crippen LogP contribution in [0, 0.1) is 5.92 Å². The van der Waals surface area contributed by atoms with Gasteiger partial charge in [-0.3, -0.25) is 4.79 Å². The number of carbonyl (C=O) groups excluding carboxylic acids is 2. The number of nitrogens with zero attached hydrogens (tertiary/aromatic N) is 5. The van der Waals surface area contributed by atoms with Crippen molar-refractivity contribution in [3.8, 4) is 11.4 Å². The number of piperidine rings is 1. The van der Waals surface area contributed by atoms with Crippen molar-refractivity contribution in [3.63, 3.8) is 0 Å². The SMILES string of the molecule is Cn1nnnc1-c1cccc(NC(=O)N2CCC[C@@H](C(=O)Nc3ccccc3)C2)c1. The molecule has 154 valence electrons. The van der Waals surface area contributed by atoms with Gasteiger partial charge in [-0.1, -0.05) is 30.3 Å². The lowest BCUT2D eigenvalue weighted by Gasteiger charge is -2.32. The van der Waals surface area contributed by atoms with Crippen molar-refractivity contribution in [1.82, 2.24) is 25.1 Å². The first kappa shape index (κ1) is 19.6. The summed E-state index contributed by atoms with van der Waals surface area (Å²) >= 11 is 0. The maximum Gasteiger partial charge on any atom is 0.321 e. The van der Waals surface area contributed by atoms with E-state index in [1.165, 1.54) is 0 Å². The van der Waals surface area contributed by atoms with Crippen molar-refractivity contribution in [3.05, 3.63) is 54.6 Å². The van der Waals surface area contributed by atoms with E-state index in [1.54, 1.807) is 16.6 Å². The summed E-state index contributed by atoms with van der Waals surface area (Å²) in [6.45, 7) is 1.01. The van der Waals surface area contributed by atoms with E-state index in [2.05, 4.69) is 26.2 Å². The van der Waals surface area contributed by atoms with Gasteiger partial charge in [0.2, 0.25) is 5.91 Å². The van der Waals surface area contributed by atoms with Crippen LogP contribution in [0.2, 0.25) is 0 Å². The Labute approximate surface area is 174 Å². The van der Waals surface area contributed by atoms with E-state index < -0.39 is 0 Å². The van der Waals surface area contributed by atoms with Crippen LogP contribution in [0.5, 0.6) is 0 Å². The Morgan fingerprint density at radius 2 is 1.83 bits per heavy atom. The first-order valence-corrected chi connectivity index (χ1v) is 9.85. The van der Waals surface area contributed by atoms with Crippen LogP contribution in [0.1, 0.15) is 12.8 Å². The molecule has 0 aliphatic carbocycles. The molecule has 0 radical (unpaired) electrons. The van der Waals surface area contributed by atoms with Crippen LogP contribution in [-0.4, -0.2) is 50.1 Å². The van der Waals surface area contributed by atoms with E-state index in [0.717, 1.165) is 24.1 Å². The van der Waals surface area contributed by atoms with Crippen LogP contribution < -0.4 is 10.6 Å². The van der Waals surface area contributed by atoms with Gasteiger partial charge in [-0.25, -0.2) is 9.48 Å². The fourth-order valence-electron chi connectivity index (χ4n) is 3.55. The summed E-state index contributed by atoms with van der Waals surface area (Å²) in [6.07, 6.45) is 1.54. The molecule has 1 atom stereocenters. The van der Waals surface area contributed by atoms with Crippen LogP contribution in [0.4, 0.5) is 16.2 Å². The van der Waals surface area contributed by atoms with Crippen molar-refractivity contribution >= 4 is 23.3 Å².